The van der Waals surface area contributed by atoms with Crippen LogP contribution >= 0.6 is 11.6 Å². The van der Waals surface area contributed by atoms with E-state index in [-0.39, 0.29) is 24.9 Å². The largest absolute Gasteiger partial charge is 0.469 e. The molecule has 1 amide bonds. The van der Waals surface area contributed by atoms with Crippen LogP contribution in [0.25, 0.3) is 0 Å². The van der Waals surface area contributed by atoms with E-state index in [1.165, 1.54) is 7.11 Å². The van der Waals surface area contributed by atoms with Crippen LogP contribution in [0.15, 0.2) is 24.3 Å². The summed E-state index contributed by atoms with van der Waals surface area (Å²) in [6, 6.07) is 7.58. The first kappa shape index (κ1) is 19.5. The van der Waals surface area contributed by atoms with Crippen LogP contribution in [0, 0.1) is 0 Å². The van der Waals surface area contributed by atoms with Crippen LogP contribution in [0.1, 0.15) is 31.2 Å². The summed E-state index contributed by atoms with van der Waals surface area (Å²) in [5.74, 6) is -0.343. The number of rotatable bonds is 10. The van der Waals surface area contributed by atoms with Gasteiger partial charge in [0, 0.05) is 31.1 Å². The molecule has 1 rings (SSSR count). The van der Waals surface area contributed by atoms with Crippen LogP contribution in [0.2, 0.25) is 5.02 Å². The van der Waals surface area contributed by atoms with Gasteiger partial charge in [-0.05, 0) is 37.0 Å². The maximum absolute atomic E-state index is 12.3. The van der Waals surface area contributed by atoms with E-state index >= 15 is 0 Å². The predicted octanol–water partition coefficient (Wildman–Crippen LogP) is 2.44. The zero-order chi connectivity index (χ0) is 17.1. The predicted molar refractivity (Wildman–Crippen MR) is 89.3 cm³/mol. The zero-order valence-electron chi connectivity index (χ0n) is 13.5. The van der Waals surface area contributed by atoms with Gasteiger partial charge in [-0.15, -0.1) is 0 Å². The van der Waals surface area contributed by atoms with Crippen molar-refractivity contribution in [1.82, 2.24) is 4.90 Å². The van der Waals surface area contributed by atoms with E-state index in [1.54, 1.807) is 4.90 Å². The first-order valence-electron chi connectivity index (χ1n) is 7.76. The van der Waals surface area contributed by atoms with Gasteiger partial charge in [-0.25, -0.2) is 0 Å². The molecule has 0 fully saturated rings. The Kier molecular flexibility index (Phi) is 9.33. The molecule has 128 valence electrons. The van der Waals surface area contributed by atoms with Gasteiger partial charge in [0.05, 0.1) is 13.5 Å². The van der Waals surface area contributed by atoms with E-state index in [0.29, 0.717) is 31.0 Å². The standard InChI is InChI=1S/C17H24ClNO4/c1-23-17(22)10-12-19(11-3-13-20)16(21)5-2-4-14-6-8-15(18)9-7-14/h6-9,20H,2-5,10-13H2,1H3. The van der Waals surface area contributed by atoms with Gasteiger partial charge in [0.2, 0.25) is 5.91 Å². The van der Waals surface area contributed by atoms with Crippen LogP contribution in [0.5, 0.6) is 0 Å². The molecule has 0 atom stereocenters. The second-order valence-corrected chi connectivity index (χ2v) is 5.70. The molecular weight excluding hydrogens is 318 g/mol. The summed E-state index contributed by atoms with van der Waals surface area (Å²) in [4.78, 5) is 25.1. The lowest BCUT2D eigenvalue weighted by Gasteiger charge is -2.22. The van der Waals surface area contributed by atoms with Crippen molar-refractivity contribution >= 4 is 23.5 Å². The molecule has 0 aliphatic carbocycles. The number of carbonyl (C=O) groups is 2. The fraction of sp³-hybridized carbons (Fsp3) is 0.529. The molecular formula is C17H24ClNO4. The number of benzene rings is 1. The number of amides is 1. The maximum Gasteiger partial charge on any atom is 0.307 e. The van der Waals surface area contributed by atoms with Crippen LogP contribution < -0.4 is 0 Å². The van der Waals surface area contributed by atoms with Crippen LogP contribution in [0.3, 0.4) is 0 Å². The maximum atomic E-state index is 12.3. The lowest BCUT2D eigenvalue weighted by molar-refractivity contribution is -0.141. The second-order valence-electron chi connectivity index (χ2n) is 5.26. The van der Waals surface area contributed by atoms with Crippen molar-refractivity contribution in [2.24, 2.45) is 0 Å². The van der Waals surface area contributed by atoms with Crippen molar-refractivity contribution in [2.45, 2.75) is 32.1 Å². The second kappa shape index (κ2) is 11.0. The summed E-state index contributed by atoms with van der Waals surface area (Å²) in [5.41, 5.74) is 1.14. The number of esters is 1. The topological polar surface area (TPSA) is 66.8 Å². The molecule has 0 spiro atoms. The summed E-state index contributed by atoms with van der Waals surface area (Å²) in [6.45, 7) is 0.798. The highest BCUT2D eigenvalue weighted by Gasteiger charge is 2.14. The van der Waals surface area contributed by atoms with Crippen molar-refractivity contribution in [3.05, 3.63) is 34.9 Å². The Hall–Kier alpha value is -1.59. The summed E-state index contributed by atoms with van der Waals surface area (Å²) in [6.07, 6.45) is 2.62. The van der Waals surface area contributed by atoms with Gasteiger partial charge < -0.3 is 14.7 Å². The monoisotopic (exact) mass is 341 g/mol. The van der Waals surface area contributed by atoms with E-state index in [0.717, 1.165) is 18.4 Å². The minimum absolute atomic E-state index is 0.00341. The molecule has 5 nitrogen and oxygen atoms in total. The molecule has 0 aliphatic heterocycles. The Morgan fingerprint density at radius 1 is 1.13 bits per heavy atom. The van der Waals surface area contributed by atoms with E-state index in [1.807, 2.05) is 24.3 Å². The summed E-state index contributed by atoms with van der Waals surface area (Å²) < 4.78 is 4.60. The van der Waals surface area contributed by atoms with Crippen LogP contribution in [0.4, 0.5) is 0 Å². The highest BCUT2D eigenvalue weighted by molar-refractivity contribution is 6.30. The summed E-state index contributed by atoms with van der Waals surface area (Å²) in [7, 11) is 1.33. The number of aliphatic hydroxyl groups is 1. The quantitative estimate of drug-likeness (QED) is 0.664. The molecule has 1 N–H and O–H groups in total. The third-order valence-corrected chi connectivity index (χ3v) is 3.77. The fourth-order valence-corrected chi connectivity index (χ4v) is 2.33. The van der Waals surface area contributed by atoms with Crippen molar-refractivity contribution in [1.29, 1.82) is 0 Å². The van der Waals surface area contributed by atoms with Gasteiger partial charge >= 0.3 is 5.97 Å². The molecule has 0 aliphatic rings. The smallest absolute Gasteiger partial charge is 0.307 e. The van der Waals surface area contributed by atoms with Crippen molar-refractivity contribution < 1.29 is 19.4 Å². The van der Waals surface area contributed by atoms with Crippen molar-refractivity contribution in [3.63, 3.8) is 0 Å². The fourth-order valence-electron chi connectivity index (χ4n) is 2.20. The number of hydrogen-bond donors (Lipinski definition) is 1. The molecule has 0 aromatic heterocycles. The molecule has 0 saturated heterocycles. The molecule has 0 saturated carbocycles. The van der Waals surface area contributed by atoms with E-state index in [4.69, 9.17) is 16.7 Å². The number of methoxy groups -OCH3 is 1. The molecule has 0 heterocycles. The number of ether oxygens (including phenoxy) is 1. The Morgan fingerprint density at radius 2 is 1.83 bits per heavy atom. The molecule has 1 aromatic rings. The molecule has 0 bridgehead atoms. The number of halogens is 1. The number of aliphatic hydroxyl groups excluding tert-OH is 1. The van der Waals surface area contributed by atoms with E-state index in [2.05, 4.69) is 4.74 Å². The van der Waals surface area contributed by atoms with Crippen LogP contribution in [-0.4, -0.2) is 48.7 Å². The number of aryl methyl sites for hydroxylation is 1. The van der Waals surface area contributed by atoms with Gasteiger partial charge in [0.25, 0.3) is 0 Å². The van der Waals surface area contributed by atoms with Gasteiger partial charge in [0.15, 0.2) is 0 Å². The zero-order valence-corrected chi connectivity index (χ0v) is 14.2. The number of hydrogen-bond acceptors (Lipinski definition) is 4. The van der Waals surface area contributed by atoms with E-state index in [9.17, 15) is 9.59 Å². The minimum atomic E-state index is -0.340. The minimum Gasteiger partial charge on any atom is -0.469 e. The summed E-state index contributed by atoms with van der Waals surface area (Å²) >= 11 is 5.84. The number of nitrogens with zero attached hydrogens (tertiary/aromatic N) is 1. The normalized spacial score (nSPS) is 10.4. The van der Waals surface area contributed by atoms with Crippen molar-refractivity contribution in [2.75, 3.05) is 26.8 Å². The average Bonchev–Trinajstić information content (AvgIpc) is 2.56. The third kappa shape index (κ3) is 8.00. The molecule has 0 radical (unpaired) electrons. The van der Waals surface area contributed by atoms with Crippen LogP contribution in [-0.2, 0) is 20.7 Å². The lowest BCUT2D eigenvalue weighted by Crippen LogP contribution is -2.34. The van der Waals surface area contributed by atoms with Crippen molar-refractivity contribution in [3.8, 4) is 0 Å². The Labute approximate surface area is 142 Å². The molecule has 0 unspecified atom stereocenters. The Morgan fingerprint density at radius 3 is 2.43 bits per heavy atom. The average molecular weight is 342 g/mol. The first-order chi connectivity index (χ1) is 11.1. The summed E-state index contributed by atoms with van der Waals surface area (Å²) in [5, 5.41) is 9.62. The first-order valence-corrected chi connectivity index (χ1v) is 8.14. The van der Waals surface area contributed by atoms with E-state index < -0.39 is 0 Å². The molecule has 6 heteroatoms. The van der Waals surface area contributed by atoms with Gasteiger partial charge in [-0.1, -0.05) is 23.7 Å². The SMILES string of the molecule is COC(=O)CCN(CCCO)C(=O)CCCc1ccc(Cl)cc1. The Bertz CT molecular complexity index is 490. The van der Waals surface area contributed by atoms with Gasteiger partial charge in [-0.3, -0.25) is 9.59 Å². The lowest BCUT2D eigenvalue weighted by atomic mass is 10.1. The third-order valence-electron chi connectivity index (χ3n) is 3.52. The highest BCUT2D eigenvalue weighted by Crippen LogP contribution is 2.12. The number of carbonyl (C=O) groups excluding carboxylic acids is 2. The Balaban J connectivity index is 2.41. The molecule has 1 aromatic carbocycles. The van der Waals surface area contributed by atoms with Gasteiger partial charge in [-0.2, -0.15) is 0 Å². The van der Waals surface area contributed by atoms with Gasteiger partial charge in [0.1, 0.15) is 0 Å². The highest BCUT2D eigenvalue weighted by atomic mass is 35.5. The molecule has 23 heavy (non-hydrogen) atoms.